The first-order chi connectivity index (χ1) is 13.2. The van der Waals surface area contributed by atoms with Crippen LogP contribution in [-0.4, -0.2) is 20.4 Å². The van der Waals surface area contributed by atoms with Crippen molar-refractivity contribution in [3.8, 4) is 0 Å². The molecule has 6 nitrogen and oxygen atoms in total. The van der Waals surface area contributed by atoms with Crippen molar-refractivity contribution < 1.29 is 22.0 Å². The molecule has 0 fully saturated rings. The fourth-order valence-corrected chi connectivity index (χ4v) is 4.15. The number of carbonyl (C=O) groups is 1. The zero-order valence-corrected chi connectivity index (χ0v) is 16.6. The summed E-state index contributed by atoms with van der Waals surface area (Å²) in [5, 5.41) is 3.53. The summed E-state index contributed by atoms with van der Waals surface area (Å²) in [6, 6.07) is 10.3. The average Bonchev–Trinajstić information content (AvgIpc) is 2.95. The van der Waals surface area contributed by atoms with Crippen LogP contribution < -0.4 is 10.0 Å². The number of amides is 1. The highest BCUT2D eigenvalue weighted by molar-refractivity contribution is 7.89. The van der Waals surface area contributed by atoms with Crippen LogP contribution in [0.15, 0.2) is 51.8 Å². The first kappa shape index (κ1) is 20.0. The lowest BCUT2D eigenvalue weighted by molar-refractivity contribution is 0.0944. The standard InChI is InChI=1S/C20H21FN2O4S/c1-12(2)23-28(25,26)14-8-9-17(21)16(10-14)20(24)22-11-19-13(3)15-6-4-5-7-18(15)27-19/h4-10,12,23H,11H2,1-3H3,(H,22,24). The van der Waals surface area contributed by atoms with Crippen LogP contribution in [-0.2, 0) is 16.6 Å². The fraction of sp³-hybridized carbons (Fsp3) is 0.250. The van der Waals surface area contributed by atoms with Crippen molar-refractivity contribution in [2.75, 3.05) is 0 Å². The first-order valence-electron chi connectivity index (χ1n) is 8.76. The fourth-order valence-electron chi connectivity index (χ4n) is 2.87. The van der Waals surface area contributed by atoms with Crippen molar-refractivity contribution in [1.29, 1.82) is 0 Å². The molecule has 0 saturated heterocycles. The molecule has 8 heteroatoms. The van der Waals surface area contributed by atoms with E-state index in [0.717, 1.165) is 29.1 Å². The van der Waals surface area contributed by atoms with Crippen molar-refractivity contribution in [3.05, 3.63) is 65.2 Å². The number of benzene rings is 2. The SMILES string of the molecule is Cc1c(CNC(=O)c2cc(S(=O)(=O)NC(C)C)ccc2F)oc2ccccc12. The Bertz CT molecular complexity index is 1140. The highest BCUT2D eigenvalue weighted by Gasteiger charge is 2.20. The molecule has 0 aliphatic carbocycles. The van der Waals surface area contributed by atoms with Crippen LogP contribution in [0, 0.1) is 12.7 Å². The number of rotatable bonds is 6. The van der Waals surface area contributed by atoms with Crippen LogP contribution in [0.4, 0.5) is 4.39 Å². The summed E-state index contributed by atoms with van der Waals surface area (Å²) in [5.41, 5.74) is 1.23. The second-order valence-electron chi connectivity index (χ2n) is 6.75. The Hall–Kier alpha value is -2.71. The van der Waals surface area contributed by atoms with Gasteiger partial charge >= 0.3 is 0 Å². The summed E-state index contributed by atoms with van der Waals surface area (Å²) in [7, 11) is -3.84. The van der Waals surface area contributed by atoms with Gasteiger partial charge < -0.3 is 9.73 Å². The Balaban J connectivity index is 1.82. The first-order valence-corrected chi connectivity index (χ1v) is 10.2. The van der Waals surface area contributed by atoms with Gasteiger partial charge in [-0.15, -0.1) is 0 Å². The van der Waals surface area contributed by atoms with E-state index in [1.54, 1.807) is 13.8 Å². The van der Waals surface area contributed by atoms with Gasteiger partial charge in [-0.25, -0.2) is 17.5 Å². The molecule has 0 saturated carbocycles. The minimum absolute atomic E-state index is 0.0556. The summed E-state index contributed by atoms with van der Waals surface area (Å²) >= 11 is 0. The van der Waals surface area contributed by atoms with Crippen molar-refractivity contribution in [2.45, 2.75) is 38.3 Å². The van der Waals surface area contributed by atoms with Gasteiger partial charge in [0.15, 0.2) is 0 Å². The van der Waals surface area contributed by atoms with Gasteiger partial charge in [0.2, 0.25) is 10.0 Å². The Morgan fingerprint density at radius 2 is 1.89 bits per heavy atom. The van der Waals surface area contributed by atoms with E-state index in [2.05, 4.69) is 10.0 Å². The average molecular weight is 404 g/mol. The smallest absolute Gasteiger partial charge is 0.254 e. The lowest BCUT2D eigenvalue weighted by Gasteiger charge is -2.11. The Morgan fingerprint density at radius 1 is 1.18 bits per heavy atom. The van der Waals surface area contributed by atoms with E-state index >= 15 is 0 Å². The predicted molar refractivity (Wildman–Crippen MR) is 104 cm³/mol. The summed E-state index contributed by atoms with van der Waals surface area (Å²) in [4.78, 5) is 12.3. The van der Waals surface area contributed by atoms with Crippen LogP contribution in [0.1, 0.15) is 35.5 Å². The molecular weight excluding hydrogens is 383 g/mol. The predicted octanol–water partition coefficient (Wildman–Crippen LogP) is 3.50. The molecule has 0 aliphatic rings. The molecule has 3 aromatic rings. The van der Waals surface area contributed by atoms with Crippen molar-refractivity contribution in [2.24, 2.45) is 0 Å². The molecule has 148 valence electrons. The minimum Gasteiger partial charge on any atom is -0.459 e. The van der Waals surface area contributed by atoms with E-state index in [4.69, 9.17) is 4.42 Å². The van der Waals surface area contributed by atoms with Gasteiger partial charge in [-0.05, 0) is 45.0 Å². The molecule has 0 atom stereocenters. The normalized spacial score (nSPS) is 11.9. The molecule has 0 unspecified atom stereocenters. The lowest BCUT2D eigenvalue weighted by atomic mass is 10.1. The number of carbonyl (C=O) groups excluding carboxylic acids is 1. The Kier molecular flexibility index (Phi) is 5.53. The third-order valence-electron chi connectivity index (χ3n) is 4.24. The molecule has 0 aliphatic heterocycles. The third kappa shape index (κ3) is 4.07. The molecule has 1 amide bonds. The summed E-state index contributed by atoms with van der Waals surface area (Å²) in [5.74, 6) is -0.971. The Labute approximate surface area is 162 Å². The van der Waals surface area contributed by atoms with Crippen LogP contribution in [0.2, 0.25) is 0 Å². The molecule has 1 heterocycles. The zero-order valence-electron chi connectivity index (χ0n) is 15.7. The highest BCUT2D eigenvalue weighted by atomic mass is 32.2. The van der Waals surface area contributed by atoms with Crippen molar-refractivity contribution >= 4 is 26.9 Å². The lowest BCUT2D eigenvalue weighted by Crippen LogP contribution is -2.31. The quantitative estimate of drug-likeness (QED) is 0.658. The number of halogens is 1. The number of nitrogens with one attached hydrogen (secondary N) is 2. The van der Waals surface area contributed by atoms with E-state index in [0.29, 0.717) is 11.3 Å². The molecule has 3 rings (SSSR count). The van der Waals surface area contributed by atoms with E-state index in [9.17, 15) is 17.6 Å². The van der Waals surface area contributed by atoms with Crippen LogP contribution in [0.25, 0.3) is 11.0 Å². The largest absolute Gasteiger partial charge is 0.459 e. The van der Waals surface area contributed by atoms with Gasteiger partial charge in [0.25, 0.3) is 5.91 Å². The number of hydrogen-bond donors (Lipinski definition) is 2. The number of sulfonamides is 1. The Morgan fingerprint density at radius 3 is 2.57 bits per heavy atom. The molecule has 1 aromatic heterocycles. The van der Waals surface area contributed by atoms with Gasteiger partial charge in [0.1, 0.15) is 17.2 Å². The minimum atomic E-state index is -3.84. The highest BCUT2D eigenvalue weighted by Crippen LogP contribution is 2.25. The van der Waals surface area contributed by atoms with Gasteiger partial charge in [-0.2, -0.15) is 0 Å². The maximum Gasteiger partial charge on any atom is 0.254 e. The second kappa shape index (κ2) is 7.73. The van der Waals surface area contributed by atoms with Crippen LogP contribution in [0.5, 0.6) is 0 Å². The molecule has 0 bridgehead atoms. The number of fused-ring (bicyclic) bond motifs is 1. The topological polar surface area (TPSA) is 88.4 Å². The molecule has 2 aromatic carbocycles. The second-order valence-corrected chi connectivity index (χ2v) is 8.46. The summed E-state index contributed by atoms with van der Waals surface area (Å²) in [6.07, 6.45) is 0. The summed E-state index contributed by atoms with van der Waals surface area (Å²) in [6.45, 7) is 5.27. The van der Waals surface area contributed by atoms with Crippen molar-refractivity contribution in [3.63, 3.8) is 0 Å². The van der Waals surface area contributed by atoms with E-state index < -0.39 is 21.7 Å². The molecule has 28 heavy (non-hydrogen) atoms. The van der Waals surface area contributed by atoms with Gasteiger partial charge in [-0.3, -0.25) is 4.79 Å². The number of furan rings is 1. The van der Waals surface area contributed by atoms with Crippen molar-refractivity contribution in [1.82, 2.24) is 10.0 Å². The number of aryl methyl sites for hydroxylation is 1. The molecular formula is C20H21FN2O4S. The monoisotopic (exact) mass is 404 g/mol. The molecule has 0 spiro atoms. The third-order valence-corrected chi connectivity index (χ3v) is 5.89. The van der Waals surface area contributed by atoms with Crippen LogP contribution in [0.3, 0.4) is 0 Å². The van der Waals surface area contributed by atoms with Crippen LogP contribution >= 0.6 is 0 Å². The molecule has 0 radical (unpaired) electrons. The van der Waals surface area contributed by atoms with E-state index in [1.165, 1.54) is 0 Å². The van der Waals surface area contributed by atoms with Gasteiger partial charge in [0.05, 0.1) is 17.0 Å². The van der Waals surface area contributed by atoms with E-state index in [1.807, 2.05) is 31.2 Å². The van der Waals surface area contributed by atoms with Gasteiger partial charge in [-0.1, -0.05) is 18.2 Å². The maximum atomic E-state index is 14.1. The van der Waals surface area contributed by atoms with E-state index in [-0.39, 0.29) is 23.0 Å². The maximum absolute atomic E-state index is 14.1. The number of hydrogen-bond acceptors (Lipinski definition) is 4. The van der Waals surface area contributed by atoms with Gasteiger partial charge in [0, 0.05) is 17.0 Å². The molecule has 2 N–H and O–H groups in total. The number of para-hydroxylation sites is 1. The summed E-state index contributed by atoms with van der Waals surface area (Å²) < 4.78 is 46.8. The zero-order chi connectivity index (χ0) is 20.5.